The Morgan fingerprint density at radius 1 is 1.29 bits per heavy atom. The second-order valence-corrected chi connectivity index (χ2v) is 5.69. The van der Waals surface area contributed by atoms with Crippen molar-refractivity contribution >= 4 is 28.4 Å². The molecular weight excluding hydrogens is 327 g/mol. The number of hydrogen-bond donors (Lipinski definition) is 1. The normalized spacial score (nSPS) is 11.3. The van der Waals surface area contributed by atoms with Gasteiger partial charge in [-0.05, 0) is 49.5 Å². The summed E-state index contributed by atoms with van der Waals surface area (Å²) in [5.41, 5.74) is 1.13. The molecule has 0 amide bonds. The lowest BCUT2D eigenvalue weighted by Gasteiger charge is -2.16. The van der Waals surface area contributed by atoms with Crippen molar-refractivity contribution in [1.82, 2.24) is 14.9 Å². The van der Waals surface area contributed by atoms with Gasteiger partial charge in [0.05, 0.1) is 15.8 Å². The zero-order valence-electron chi connectivity index (χ0n) is 11.2. The zero-order chi connectivity index (χ0) is 13.0. The molecule has 0 saturated heterocycles. The average molecular weight is 348 g/mol. The Morgan fingerprint density at radius 2 is 1.94 bits per heavy atom. The number of hydrogen-bond acceptors (Lipinski definition) is 4. The zero-order valence-corrected chi connectivity index (χ0v) is 13.4. The summed E-state index contributed by atoms with van der Waals surface area (Å²) in [6.45, 7) is 8.07. The minimum absolute atomic E-state index is 0.420. The van der Waals surface area contributed by atoms with E-state index in [0.29, 0.717) is 5.92 Å². The molecule has 17 heavy (non-hydrogen) atoms. The third kappa shape index (κ3) is 4.06. The topological polar surface area (TPSA) is 41.1 Å². The van der Waals surface area contributed by atoms with Gasteiger partial charge in [-0.15, -0.1) is 0 Å². The predicted octanol–water partition coefficient (Wildman–Crippen LogP) is 2.70. The third-order valence-electron chi connectivity index (χ3n) is 2.27. The lowest BCUT2D eigenvalue weighted by Crippen LogP contribution is -2.17. The number of nitrogens with one attached hydrogen (secondary N) is 1. The molecule has 0 bridgehead atoms. The first-order chi connectivity index (χ1) is 7.95. The number of aromatic nitrogens is 2. The maximum Gasteiger partial charge on any atom is 0.145 e. The largest absolute Gasteiger partial charge is 0.369 e. The molecule has 0 fully saturated rings. The van der Waals surface area contributed by atoms with Crippen LogP contribution in [0.2, 0.25) is 0 Å². The number of nitrogens with zero attached hydrogens (tertiary/aromatic N) is 3. The van der Waals surface area contributed by atoms with Crippen LogP contribution in [-0.4, -0.2) is 35.5 Å². The van der Waals surface area contributed by atoms with Crippen LogP contribution in [0, 0.1) is 3.57 Å². The van der Waals surface area contributed by atoms with Gasteiger partial charge in [-0.2, -0.15) is 0 Å². The average Bonchev–Trinajstić information content (AvgIpc) is 2.21. The van der Waals surface area contributed by atoms with Crippen LogP contribution >= 0.6 is 22.6 Å². The van der Waals surface area contributed by atoms with Gasteiger partial charge >= 0.3 is 0 Å². The van der Waals surface area contributed by atoms with E-state index in [2.05, 4.69) is 63.5 Å². The highest BCUT2D eigenvalue weighted by Gasteiger charge is 2.14. The van der Waals surface area contributed by atoms with Crippen molar-refractivity contribution < 1.29 is 0 Å². The first kappa shape index (κ1) is 14.6. The quantitative estimate of drug-likeness (QED) is 0.831. The van der Waals surface area contributed by atoms with E-state index in [-0.39, 0.29) is 0 Å². The van der Waals surface area contributed by atoms with Crippen molar-refractivity contribution in [2.45, 2.75) is 33.2 Å². The summed E-state index contributed by atoms with van der Waals surface area (Å²) in [6, 6.07) is 0. The highest BCUT2D eigenvalue weighted by molar-refractivity contribution is 14.1. The molecule has 5 heteroatoms. The molecule has 1 N–H and O–H groups in total. The fourth-order valence-corrected chi connectivity index (χ4v) is 2.59. The van der Waals surface area contributed by atoms with Gasteiger partial charge in [0.2, 0.25) is 0 Å². The fraction of sp³-hybridized carbons (Fsp3) is 0.667. The molecule has 96 valence electrons. The smallest absolute Gasteiger partial charge is 0.145 e. The highest BCUT2D eigenvalue weighted by atomic mass is 127. The molecule has 1 aromatic heterocycles. The fourth-order valence-electron chi connectivity index (χ4n) is 1.53. The molecule has 0 saturated carbocycles. The summed E-state index contributed by atoms with van der Waals surface area (Å²) < 4.78 is 1.14. The number of rotatable bonds is 5. The summed E-state index contributed by atoms with van der Waals surface area (Å²) in [5.74, 6) is 2.27. The Morgan fingerprint density at radius 3 is 2.41 bits per heavy atom. The second-order valence-electron chi connectivity index (χ2n) is 4.61. The van der Waals surface area contributed by atoms with E-state index in [4.69, 9.17) is 0 Å². The first-order valence-electron chi connectivity index (χ1n) is 5.90. The van der Waals surface area contributed by atoms with Gasteiger partial charge in [0, 0.05) is 6.54 Å². The lowest BCUT2D eigenvalue weighted by atomic mass is 10.1. The molecule has 0 aliphatic rings. The highest BCUT2D eigenvalue weighted by Crippen LogP contribution is 2.25. The van der Waals surface area contributed by atoms with Gasteiger partial charge in [0.1, 0.15) is 11.6 Å². The maximum atomic E-state index is 4.65. The van der Waals surface area contributed by atoms with E-state index in [0.717, 1.165) is 34.0 Å². The molecule has 0 unspecified atom stereocenters. The summed E-state index contributed by atoms with van der Waals surface area (Å²) >= 11 is 2.33. The van der Waals surface area contributed by atoms with Gasteiger partial charge < -0.3 is 10.2 Å². The maximum absolute atomic E-state index is 4.65. The van der Waals surface area contributed by atoms with Crippen LogP contribution in [0.4, 0.5) is 5.82 Å². The van der Waals surface area contributed by atoms with Crippen LogP contribution in [0.15, 0.2) is 0 Å². The van der Waals surface area contributed by atoms with Crippen LogP contribution in [0.3, 0.4) is 0 Å². The SMILES string of the molecule is CCNc1nc(CN(C)C)nc(C(C)C)c1I. The van der Waals surface area contributed by atoms with Crippen LogP contribution in [0.1, 0.15) is 38.2 Å². The molecule has 1 rings (SSSR count). The van der Waals surface area contributed by atoms with Crippen molar-refractivity contribution in [1.29, 1.82) is 0 Å². The molecule has 1 aromatic rings. The van der Waals surface area contributed by atoms with Crippen molar-refractivity contribution in [2.24, 2.45) is 0 Å². The Hall–Kier alpha value is -0.430. The van der Waals surface area contributed by atoms with E-state index < -0.39 is 0 Å². The number of anilines is 1. The van der Waals surface area contributed by atoms with E-state index in [1.807, 2.05) is 14.1 Å². The molecule has 0 aliphatic carbocycles. The van der Waals surface area contributed by atoms with E-state index in [1.165, 1.54) is 0 Å². The summed E-state index contributed by atoms with van der Waals surface area (Å²) in [4.78, 5) is 11.3. The number of halogens is 1. The van der Waals surface area contributed by atoms with Crippen molar-refractivity contribution in [2.75, 3.05) is 26.0 Å². The lowest BCUT2D eigenvalue weighted by molar-refractivity contribution is 0.389. The predicted molar refractivity (Wildman–Crippen MR) is 80.4 cm³/mol. The van der Waals surface area contributed by atoms with Crippen LogP contribution in [-0.2, 0) is 6.54 Å². The van der Waals surface area contributed by atoms with Crippen molar-refractivity contribution in [3.63, 3.8) is 0 Å². The van der Waals surface area contributed by atoms with Crippen LogP contribution in [0.5, 0.6) is 0 Å². The Bertz CT molecular complexity index is 377. The summed E-state index contributed by atoms with van der Waals surface area (Å²) in [5, 5.41) is 3.31. The van der Waals surface area contributed by atoms with Crippen LogP contribution in [0.25, 0.3) is 0 Å². The van der Waals surface area contributed by atoms with E-state index in [9.17, 15) is 0 Å². The van der Waals surface area contributed by atoms with E-state index in [1.54, 1.807) is 0 Å². The first-order valence-corrected chi connectivity index (χ1v) is 6.98. The minimum Gasteiger partial charge on any atom is -0.369 e. The standard InChI is InChI=1S/C12H21IN4/c1-6-14-12-10(13)11(8(2)3)15-9(16-12)7-17(4)5/h8H,6-7H2,1-5H3,(H,14,15,16). The summed E-state index contributed by atoms with van der Waals surface area (Å²) in [7, 11) is 4.06. The molecule has 0 spiro atoms. The Balaban J connectivity index is 3.16. The van der Waals surface area contributed by atoms with Gasteiger partial charge in [0.25, 0.3) is 0 Å². The van der Waals surface area contributed by atoms with Crippen molar-refractivity contribution in [3.8, 4) is 0 Å². The van der Waals surface area contributed by atoms with Crippen LogP contribution < -0.4 is 5.32 Å². The monoisotopic (exact) mass is 348 g/mol. The Labute approximate surface area is 117 Å². The molecule has 0 aliphatic heterocycles. The Kier molecular flexibility index (Phi) is 5.58. The molecule has 0 atom stereocenters. The van der Waals surface area contributed by atoms with Gasteiger partial charge in [0.15, 0.2) is 0 Å². The molecule has 0 radical (unpaired) electrons. The van der Waals surface area contributed by atoms with Gasteiger partial charge in [-0.25, -0.2) is 9.97 Å². The molecule has 4 nitrogen and oxygen atoms in total. The van der Waals surface area contributed by atoms with Crippen molar-refractivity contribution in [3.05, 3.63) is 15.1 Å². The van der Waals surface area contributed by atoms with Gasteiger partial charge in [-0.1, -0.05) is 13.8 Å². The molecular formula is C12H21IN4. The third-order valence-corrected chi connectivity index (χ3v) is 3.34. The second kappa shape index (κ2) is 6.49. The summed E-state index contributed by atoms with van der Waals surface area (Å²) in [6.07, 6.45) is 0. The van der Waals surface area contributed by atoms with Gasteiger partial charge in [-0.3, -0.25) is 0 Å². The van der Waals surface area contributed by atoms with E-state index >= 15 is 0 Å². The molecule has 0 aromatic carbocycles. The molecule has 1 heterocycles. The minimum atomic E-state index is 0.420.